The normalized spacial score (nSPS) is 52.3. The highest BCUT2D eigenvalue weighted by molar-refractivity contribution is 5.60. The first-order chi connectivity index (χ1) is 19.9. The van der Waals surface area contributed by atoms with Gasteiger partial charge in [0.05, 0.1) is 19.3 Å². The third kappa shape index (κ3) is 4.44. The number of hydrogen-bond donors (Lipinski definition) is 0. The molecule has 2 saturated heterocycles. The van der Waals surface area contributed by atoms with Crippen molar-refractivity contribution in [3.63, 3.8) is 0 Å². The fourth-order valence-electron chi connectivity index (χ4n) is 13.5. The standard InChI is InChI=1S/C37H60O6/c1-31(2)14-16-37-17-15-35(8)25(28(37)29(31)40-22-37)10-11-27-34(7)19-23(18-32(3,4)26(34)12-13-36(27,35)9)42-30(38)39-20-24-21-41-33(5,6)43-24/h23-29H,10-22H2,1-9H3/t23?,24?,25-,26+,27-,28?,29?,34+,35-,36-,37-/m1/s1. The predicted octanol–water partition coefficient (Wildman–Crippen LogP) is 8.55. The molecule has 11 atom stereocenters. The molecule has 0 aromatic rings. The van der Waals surface area contributed by atoms with Gasteiger partial charge in [0, 0.05) is 0 Å². The molecular weight excluding hydrogens is 540 g/mol. The van der Waals surface area contributed by atoms with Gasteiger partial charge in [-0.2, -0.15) is 0 Å². The summed E-state index contributed by atoms with van der Waals surface area (Å²) in [5.74, 6) is 2.11. The Morgan fingerprint density at radius 3 is 2.26 bits per heavy atom. The van der Waals surface area contributed by atoms with Crippen LogP contribution < -0.4 is 0 Å². The Balaban J connectivity index is 1.11. The molecule has 0 radical (unpaired) electrons. The van der Waals surface area contributed by atoms with E-state index in [0.717, 1.165) is 25.4 Å². The minimum atomic E-state index is -0.628. The molecule has 244 valence electrons. The van der Waals surface area contributed by atoms with E-state index in [2.05, 4.69) is 48.5 Å². The fraction of sp³-hybridized carbons (Fsp3) is 0.973. The molecule has 6 nitrogen and oxygen atoms in total. The fourth-order valence-corrected chi connectivity index (χ4v) is 13.5. The molecule has 5 saturated carbocycles. The van der Waals surface area contributed by atoms with Crippen molar-refractivity contribution < 1.29 is 28.5 Å². The summed E-state index contributed by atoms with van der Waals surface area (Å²) in [6.07, 6.45) is 11.9. The lowest BCUT2D eigenvalue weighted by molar-refractivity contribution is -0.250. The first-order valence-corrected chi connectivity index (χ1v) is 17.7. The maximum atomic E-state index is 13.0. The summed E-state index contributed by atoms with van der Waals surface area (Å²) in [5.41, 5.74) is 1.56. The van der Waals surface area contributed by atoms with Gasteiger partial charge in [0.1, 0.15) is 18.8 Å². The molecule has 0 aromatic heterocycles. The molecule has 4 unspecified atom stereocenters. The average molecular weight is 601 g/mol. The first kappa shape index (κ1) is 30.8. The molecular formula is C37H60O6. The molecule has 43 heavy (non-hydrogen) atoms. The van der Waals surface area contributed by atoms with E-state index >= 15 is 0 Å². The van der Waals surface area contributed by atoms with Crippen molar-refractivity contribution in [1.82, 2.24) is 0 Å². The number of rotatable bonds is 3. The molecule has 0 N–H and O–H groups in total. The van der Waals surface area contributed by atoms with Gasteiger partial charge in [-0.1, -0.05) is 48.5 Å². The van der Waals surface area contributed by atoms with E-state index in [4.69, 9.17) is 23.7 Å². The maximum Gasteiger partial charge on any atom is 0.508 e. The zero-order valence-corrected chi connectivity index (χ0v) is 28.7. The van der Waals surface area contributed by atoms with Crippen molar-refractivity contribution in [2.45, 2.75) is 151 Å². The molecule has 2 aliphatic heterocycles. The Labute approximate surface area is 261 Å². The summed E-state index contributed by atoms with van der Waals surface area (Å²) in [6, 6.07) is 0. The van der Waals surface area contributed by atoms with Crippen molar-refractivity contribution in [1.29, 1.82) is 0 Å². The van der Waals surface area contributed by atoms with E-state index in [1.807, 2.05) is 13.8 Å². The molecule has 7 fully saturated rings. The summed E-state index contributed by atoms with van der Waals surface area (Å²) < 4.78 is 30.0. The van der Waals surface area contributed by atoms with E-state index in [-0.39, 0.29) is 40.5 Å². The molecule has 6 heteroatoms. The van der Waals surface area contributed by atoms with E-state index in [1.165, 1.54) is 51.4 Å². The zero-order chi connectivity index (χ0) is 30.8. The van der Waals surface area contributed by atoms with Crippen LogP contribution in [-0.2, 0) is 23.7 Å². The van der Waals surface area contributed by atoms with Crippen LogP contribution >= 0.6 is 0 Å². The van der Waals surface area contributed by atoms with Crippen LogP contribution in [-0.4, -0.2) is 50.1 Å². The molecule has 0 spiro atoms. The van der Waals surface area contributed by atoms with E-state index in [9.17, 15) is 4.79 Å². The van der Waals surface area contributed by atoms with Crippen molar-refractivity contribution >= 4 is 6.16 Å². The van der Waals surface area contributed by atoms with Gasteiger partial charge < -0.3 is 23.7 Å². The second-order valence-electron chi connectivity index (χ2n) is 18.9. The minimum absolute atomic E-state index is 0.112. The average Bonchev–Trinajstić information content (AvgIpc) is 3.42. The van der Waals surface area contributed by atoms with Gasteiger partial charge in [-0.25, -0.2) is 4.79 Å². The van der Waals surface area contributed by atoms with Gasteiger partial charge in [-0.05, 0) is 134 Å². The van der Waals surface area contributed by atoms with Crippen LogP contribution in [0.25, 0.3) is 0 Å². The quantitative estimate of drug-likeness (QED) is 0.303. The lowest BCUT2D eigenvalue weighted by Crippen LogP contribution is -2.67. The van der Waals surface area contributed by atoms with E-state index in [1.54, 1.807) is 0 Å². The number of fused-ring (bicyclic) bond motifs is 5. The minimum Gasteiger partial charge on any atom is -0.431 e. The Morgan fingerprint density at radius 2 is 1.53 bits per heavy atom. The van der Waals surface area contributed by atoms with Gasteiger partial charge in [-0.3, -0.25) is 0 Å². The smallest absolute Gasteiger partial charge is 0.431 e. The Morgan fingerprint density at radius 1 is 0.791 bits per heavy atom. The molecule has 5 aliphatic carbocycles. The predicted molar refractivity (Wildman–Crippen MR) is 165 cm³/mol. The highest BCUT2D eigenvalue weighted by Gasteiger charge is 2.72. The third-order valence-electron chi connectivity index (χ3n) is 15.5. The van der Waals surface area contributed by atoms with E-state index < -0.39 is 11.9 Å². The molecule has 0 aromatic carbocycles. The van der Waals surface area contributed by atoms with Crippen LogP contribution in [0.4, 0.5) is 4.79 Å². The van der Waals surface area contributed by atoms with Gasteiger partial charge >= 0.3 is 6.16 Å². The number of carbonyl (C=O) groups excluding carboxylic acids is 1. The van der Waals surface area contributed by atoms with Gasteiger partial charge in [0.25, 0.3) is 0 Å². The van der Waals surface area contributed by atoms with Crippen molar-refractivity contribution in [3.8, 4) is 0 Å². The first-order valence-electron chi connectivity index (χ1n) is 17.7. The van der Waals surface area contributed by atoms with Crippen molar-refractivity contribution in [3.05, 3.63) is 0 Å². The third-order valence-corrected chi connectivity index (χ3v) is 15.5. The van der Waals surface area contributed by atoms with Crippen LogP contribution in [0.2, 0.25) is 0 Å². The molecule has 0 amide bonds. The molecule has 2 heterocycles. The van der Waals surface area contributed by atoms with Crippen LogP contribution in [0.3, 0.4) is 0 Å². The Bertz CT molecular complexity index is 1130. The second kappa shape index (κ2) is 9.59. The maximum absolute atomic E-state index is 13.0. The number of ether oxygens (including phenoxy) is 5. The van der Waals surface area contributed by atoms with Crippen LogP contribution in [0.1, 0.15) is 127 Å². The summed E-state index contributed by atoms with van der Waals surface area (Å²) in [5, 5.41) is 0. The number of carbonyl (C=O) groups is 1. The van der Waals surface area contributed by atoms with Gasteiger partial charge in [0.15, 0.2) is 5.79 Å². The molecule has 7 rings (SSSR count). The lowest BCUT2D eigenvalue weighted by Gasteiger charge is -2.73. The highest BCUT2D eigenvalue weighted by Crippen LogP contribution is 2.78. The van der Waals surface area contributed by atoms with E-state index in [0.29, 0.717) is 41.3 Å². The van der Waals surface area contributed by atoms with Gasteiger partial charge in [-0.15, -0.1) is 0 Å². The largest absolute Gasteiger partial charge is 0.508 e. The van der Waals surface area contributed by atoms with Gasteiger partial charge in [0.2, 0.25) is 0 Å². The van der Waals surface area contributed by atoms with Crippen LogP contribution in [0.15, 0.2) is 0 Å². The zero-order valence-electron chi connectivity index (χ0n) is 28.7. The Kier molecular flexibility index (Phi) is 6.87. The number of hydrogen-bond acceptors (Lipinski definition) is 6. The topological polar surface area (TPSA) is 63.2 Å². The van der Waals surface area contributed by atoms with Crippen molar-refractivity contribution in [2.24, 2.45) is 56.2 Å². The summed E-state index contributed by atoms with van der Waals surface area (Å²) >= 11 is 0. The summed E-state index contributed by atoms with van der Waals surface area (Å²) in [7, 11) is 0. The second-order valence-corrected chi connectivity index (χ2v) is 18.9. The van der Waals surface area contributed by atoms with Crippen molar-refractivity contribution in [2.75, 3.05) is 19.8 Å². The molecule has 7 aliphatic rings. The Hall–Kier alpha value is -0.850. The monoisotopic (exact) mass is 600 g/mol. The van der Waals surface area contributed by atoms with Crippen LogP contribution in [0, 0.1) is 56.2 Å². The summed E-state index contributed by atoms with van der Waals surface area (Å²) in [4.78, 5) is 13.0. The molecule has 2 bridgehead atoms. The highest BCUT2D eigenvalue weighted by atomic mass is 16.8. The summed E-state index contributed by atoms with van der Waals surface area (Å²) in [6.45, 7) is 23.2. The SMILES string of the molecule is CC1(C)OCC(COC(=O)OC2CC(C)(C)[C@@H]3CC[C@]4(C)[C@H](CC[C@@H]5C6C7OC[C@@]6(CCC7(C)C)CC[C@]54C)[C@@]3(C)C2)O1. The van der Waals surface area contributed by atoms with Crippen LogP contribution in [0.5, 0.6) is 0 Å². The lowest BCUT2D eigenvalue weighted by atomic mass is 9.31.